The van der Waals surface area contributed by atoms with Gasteiger partial charge in [-0.25, -0.2) is 8.78 Å². The number of halogens is 6. The van der Waals surface area contributed by atoms with E-state index in [1.54, 1.807) is 0 Å². The van der Waals surface area contributed by atoms with Crippen LogP contribution in [-0.4, -0.2) is 0 Å². The monoisotopic (exact) mass is 340 g/mol. The molecule has 0 aromatic heterocycles. The second kappa shape index (κ2) is 5.84. The van der Waals surface area contributed by atoms with Crippen molar-refractivity contribution < 1.29 is 8.78 Å². The van der Waals surface area contributed by atoms with E-state index in [9.17, 15) is 8.78 Å². The maximum Gasteiger partial charge on any atom is 0.263 e. The van der Waals surface area contributed by atoms with Gasteiger partial charge in [0.2, 0.25) is 0 Å². The largest absolute Gasteiger partial charge is 0.263 e. The molecule has 0 bridgehead atoms. The summed E-state index contributed by atoms with van der Waals surface area (Å²) in [7, 11) is 0. The lowest BCUT2D eigenvalue weighted by molar-refractivity contribution is 0.151. The average molecular weight is 342 g/mol. The Hall–Kier alpha value is -0.540. The van der Waals surface area contributed by atoms with Crippen LogP contribution in [-0.2, 0) is 0 Å². The van der Waals surface area contributed by atoms with Crippen LogP contribution in [0.4, 0.5) is 8.78 Å². The van der Waals surface area contributed by atoms with Crippen LogP contribution in [0.3, 0.4) is 0 Å². The van der Waals surface area contributed by atoms with Crippen LogP contribution < -0.4 is 0 Å². The van der Waals surface area contributed by atoms with Gasteiger partial charge in [-0.2, -0.15) is 0 Å². The lowest BCUT2D eigenvalue weighted by atomic mass is 10.0. The van der Waals surface area contributed by atoms with E-state index in [4.69, 9.17) is 46.4 Å². The van der Waals surface area contributed by atoms with Crippen molar-refractivity contribution in [3.05, 3.63) is 56.0 Å². The van der Waals surface area contributed by atoms with Gasteiger partial charge < -0.3 is 0 Å². The molecule has 0 nitrogen and oxygen atoms in total. The van der Waals surface area contributed by atoms with Crippen LogP contribution in [0.15, 0.2) is 30.3 Å². The molecule has 0 heterocycles. The van der Waals surface area contributed by atoms with E-state index >= 15 is 0 Å². The summed E-state index contributed by atoms with van der Waals surface area (Å²) >= 11 is 23.9. The van der Waals surface area contributed by atoms with Crippen LogP contribution in [0.1, 0.15) is 12.0 Å². The Bertz CT molecular complexity index is 626. The van der Waals surface area contributed by atoms with E-state index in [1.165, 1.54) is 30.3 Å². The maximum atomic E-state index is 12.7. The molecule has 2 aromatic carbocycles. The molecule has 0 amide bonds. The highest BCUT2D eigenvalue weighted by Gasteiger charge is 2.15. The van der Waals surface area contributed by atoms with Gasteiger partial charge in [-0.1, -0.05) is 52.5 Å². The zero-order valence-electron chi connectivity index (χ0n) is 9.23. The van der Waals surface area contributed by atoms with Gasteiger partial charge in [-0.05, 0) is 24.3 Å². The third-order valence-electron chi connectivity index (χ3n) is 2.53. The fourth-order valence-corrected chi connectivity index (χ4v) is 2.56. The van der Waals surface area contributed by atoms with Crippen molar-refractivity contribution in [3.8, 4) is 11.1 Å². The average Bonchev–Trinajstić information content (AvgIpc) is 2.34. The molecule has 0 aliphatic rings. The molecular weight excluding hydrogens is 336 g/mol. The minimum atomic E-state index is -2.59. The Balaban J connectivity index is 2.68. The number of rotatable bonds is 2. The summed E-state index contributed by atoms with van der Waals surface area (Å²) < 4.78 is 25.5. The second-order valence-electron chi connectivity index (χ2n) is 3.79. The zero-order chi connectivity index (χ0) is 14.2. The van der Waals surface area contributed by atoms with Gasteiger partial charge in [0.25, 0.3) is 6.43 Å². The predicted molar refractivity (Wildman–Crippen MR) is 76.9 cm³/mol. The molecule has 100 valence electrons. The molecule has 0 spiro atoms. The number of benzene rings is 2. The first-order valence-electron chi connectivity index (χ1n) is 5.12. The standard InChI is InChI=1S/C13H6Cl4F2/c14-7-4-9(12(17)11(16)5-7)8-3-6(13(18)19)1-2-10(8)15/h1-5,13H. The minimum absolute atomic E-state index is 0.147. The van der Waals surface area contributed by atoms with E-state index < -0.39 is 6.43 Å². The van der Waals surface area contributed by atoms with Gasteiger partial charge in [0, 0.05) is 26.7 Å². The molecule has 0 saturated carbocycles. The molecule has 0 fully saturated rings. The quantitative estimate of drug-likeness (QED) is 0.521. The van der Waals surface area contributed by atoms with Gasteiger partial charge in [-0.3, -0.25) is 0 Å². The Morgan fingerprint density at radius 3 is 2.11 bits per heavy atom. The van der Waals surface area contributed by atoms with E-state index in [0.717, 1.165) is 0 Å². The van der Waals surface area contributed by atoms with Crippen molar-refractivity contribution in [3.63, 3.8) is 0 Å². The molecule has 0 atom stereocenters. The van der Waals surface area contributed by atoms with E-state index in [1.807, 2.05) is 0 Å². The normalized spacial score (nSPS) is 11.1. The molecule has 2 aromatic rings. The van der Waals surface area contributed by atoms with E-state index in [0.29, 0.717) is 21.2 Å². The van der Waals surface area contributed by atoms with Crippen molar-refractivity contribution in [2.45, 2.75) is 6.43 Å². The van der Waals surface area contributed by atoms with Crippen LogP contribution in [0.5, 0.6) is 0 Å². The molecular formula is C13H6Cl4F2. The van der Waals surface area contributed by atoms with Gasteiger partial charge >= 0.3 is 0 Å². The molecule has 0 aliphatic carbocycles. The van der Waals surface area contributed by atoms with Crippen molar-refractivity contribution in [2.24, 2.45) is 0 Å². The number of hydrogen-bond acceptors (Lipinski definition) is 0. The molecule has 0 radical (unpaired) electrons. The van der Waals surface area contributed by atoms with Crippen molar-refractivity contribution in [1.29, 1.82) is 0 Å². The van der Waals surface area contributed by atoms with Gasteiger partial charge in [0.05, 0.1) is 10.0 Å². The summed E-state index contributed by atoms with van der Waals surface area (Å²) in [4.78, 5) is 0. The van der Waals surface area contributed by atoms with E-state index in [2.05, 4.69) is 0 Å². The SMILES string of the molecule is FC(F)c1ccc(Cl)c(-c2cc(Cl)cc(Cl)c2Cl)c1. The summed E-state index contributed by atoms with van der Waals surface area (Å²) in [5.41, 5.74) is 0.645. The highest BCUT2D eigenvalue weighted by molar-refractivity contribution is 6.45. The second-order valence-corrected chi connectivity index (χ2v) is 5.42. The van der Waals surface area contributed by atoms with Crippen molar-refractivity contribution in [2.75, 3.05) is 0 Å². The summed E-state index contributed by atoms with van der Waals surface area (Å²) in [6.45, 7) is 0. The van der Waals surface area contributed by atoms with E-state index in [-0.39, 0.29) is 15.6 Å². The maximum absolute atomic E-state index is 12.7. The summed E-state index contributed by atoms with van der Waals surface area (Å²) in [6.07, 6.45) is -2.59. The summed E-state index contributed by atoms with van der Waals surface area (Å²) in [6, 6.07) is 6.94. The van der Waals surface area contributed by atoms with Crippen molar-refractivity contribution in [1.82, 2.24) is 0 Å². The first-order valence-corrected chi connectivity index (χ1v) is 6.64. The molecule has 19 heavy (non-hydrogen) atoms. The molecule has 2 rings (SSSR count). The predicted octanol–water partition coefficient (Wildman–Crippen LogP) is 6.90. The fraction of sp³-hybridized carbons (Fsp3) is 0.0769. The van der Waals surface area contributed by atoms with Crippen LogP contribution in [0, 0.1) is 0 Å². The fourth-order valence-electron chi connectivity index (χ4n) is 1.64. The Labute approximate surface area is 128 Å². The first-order chi connectivity index (χ1) is 8.90. The third-order valence-corrected chi connectivity index (χ3v) is 3.88. The van der Waals surface area contributed by atoms with Crippen LogP contribution >= 0.6 is 46.4 Å². The number of hydrogen-bond donors (Lipinski definition) is 0. The van der Waals surface area contributed by atoms with Gasteiger partial charge in [-0.15, -0.1) is 0 Å². The van der Waals surface area contributed by atoms with Crippen LogP contribution in [0.2, 0.25) is 20.1 Å². The summed E-state index contributed by atoms with van der Waals surface area (Å²) in [5, 5.41) is 1.11. The molecule has 6 heteroatoms. The molecule has 0 N–H and O–H groups in total. The number of alkyl halides is 2. The Morgan fingerprint density at radius 1 is 0.789 bits per heavy atom. The lowest BCUT2D eigenvalue weighted by Gasteiger charge is -2.11. The highest BCUT2D eigenvalue weighted by Crippen LogP contribution is 2.40. The van der Waals surface area contributed by atoms with Gasteiger partial charge in [0.1, 0.15) is 0 Å². The Kier molecular flexibility index (Phi) is 4.57. The smallest absolute Gasteiger partial charge is 0.205 e. The molecule has 0 aliphatic heterocycles. The lowest BCUT2D eigenvalue weighted by Crippen LogP contribution is -1.88. The summed E-state index contributed by atoms with van der Waals surface area (Å²) in [5.74, 6) is 0. The van der Waals surface area contributed by atoms with Crippen molar-refractivity contribution >= 4 is 46.4 Å². The minimum Gasteiger partial charge on any atom is -0.205 e. The molecule has 0 unspecified atom stereocenters. The molecule has 0 saturated heterocycles. The third kappa shape index (κ3) is 3.14. The topological polar surface area (TPSA) is 0 Å². The zero-order valence-corrected chi connectivity index (χ0v) is 12.3. The highest BCUT2D eigenvalue weighted by atomic mass is 35.5. The van der Waals surface area contributed by atoms with Crippen LogP contribution in [0.25, 0.3) is 11.1 Å². The Morgan fingerprint density at radius 2 is 1.47 bits per heavy atom. The first kappa shape index (κ1) is 14.9. The van der Waals surface area contributed by atoms with Gasteiger partial charge in [0.15, 0.2) is 0 Å².